The molecule has 0 N–H and O–H groups in total. The summed E-state index contributed by atoms with van der Waals surface area (Å²) in [6.07, 6.45) is 2.59. The summed E-state index contributed by atoms with van der Waals surface area (Å²) < 4.78 is 0. The van der Waals surface area contributed by atoms with Crippen molar-refractivity contribution in [2.45, 2.75) is 33.6 Å². The van der Waals surface area contributed by atoms with Crippen molar-refractivity contribution < 1.29 is 0 Å². The fourth-order valence-corrected chi connectivity index (χ4v) is 1.21. The van der Waals surface area contributed by atoms with Gasteiger partial charge in [-0.25, -0.2) is 0 Å². The average molecular weight is 165 g/mol. The van der Waals surface area contributed by atoms with E-state index in [2.05, 4.69) is 23.3 Å². The standard InChI is InChI=1S/C9H13N.C2H6/c1-3-6-9(2)10-7-4-5-8-10;1-2/h2,4-5,7-8H2,1H3;1-2H3. The van der Waals surface area contributed by atoms with Crippen LogP contribution in [0, 0.1) is 11.8 Å². The van der Waals surface area contributed by atoms with Gasteiger partial charge in [-0.15, -0.1) is 0 Å². The van der Waals surface area contributed by atoms with Gasteiger partial charge in [-0.1, -0.05) is 32.3 Å². The van der Waals surface area contributed by atoms with Crippen LogP contribution in [-0.2, 0) is 0 Å². The second kappa shape index (κ2) is 6.79. The molecule has 1 fully saturated rings. The Bertz CT molecular complexity index is 177. The molecule has 1 aliphatic rings. The summed E-state index contributed by atoms with van der Waals surface area (Å²) >= 11 is 0. The van der Waals surface area contributed by atoms with Gasteiger partial charge in [-0.3, -0.25) is 0 Å². The molecule has 0 aromatic heterocycles. The normalized spacial score (nSPS) is 14.1. The second-order valence-corrected chi connectivity index (χ2v) is 2.52. The molecule has 1 aliphatic heterocycles. The largest absolute Gasteiger partial charge is 0.365 e. The predicted molar refractivity (Wildman–Crippen MR) is 54.7 cm³/mol. The van der Waals surface area contributed by atoms with Crippen molar-refractivity contribution in [1.29, 1.82) is 0 Å². The molecule has 1 heterocycles. The summed E-state index contributed by atoms with van der Waals surface area (Å²) in [4.78, 5) is 2.25. The van der Waals surface area contributed by atoms with Gasteiger partial charge in [0.05, 0.1) is 5.70 Å². The summed E-state index contributed by atoms with van der Waals surface area (Å²) in [5, 5.41) is 0. The molecule has 12 heavy (non-hydrogen) atoms. The molecule has 1 nitrogen and oxygen atoms in total. The first-order valence-corrected chi connectivity index (χ1v) is 4.71. The minimum atomic E-state index is 0.986. The van der Waals surface area contributed by atoms with Gasteiger partial charge in [0.2, 0.25) is 0 Å². The molecule has 1 rings (SSSR count). The highest BCUT2D eigenvalue weighted by Crippen LogP contribution is 2.11. The van der Waals surface area contributed by atoms with Crippen LogP contribution >= 0.6 is 0 Å². The Morgan fingerprint density at radius 2 is 1.75 bits per heavy atom. The number of hydrogen-bond donors (Lipinski definition) is 0. The minimum Gasteiger partial charge on any atom is -0.365 e. The van der Waals surface area contributed by atoms with E-state index in [4.69, 9.17) is 0 Å². The van der Waals surface area contributed by atoms with Crippen LogP contribution in [0.1, 0.15) is 33.6 Å². The van der Waals surface area contributed by atoms with Crippen LogP contribution in [0.15, 0.2) is 12.3 Å². The molecule has 0 spiro atoms. The lowest BCUT2D eigenvalue weighted by Crippen LogP contribution is -2.16. The monoisotopic (exact) mass is 165 g/mol. The van der Waals surface area contributed by atoms with E-state index in [0.29, 0.717) is 0 Å². The van der Waals surface area contributed by atoms with Crippen LogP contribution < -0.4 is 0 Å². The maximum absolute atomic E-state index is 3.88. The Balaban J connectivity index is 0.000000561. The molecule has 0 unspecified atom stereocenters. The maximum Gasteiger partial charge on any atom is 0.0806 e. The zero-order valence-corrected chi connectivity index (χ0v) is 8.48. The molecule has 0 aromatic carbocycles. The third-order valence-electron chi connectivity index (χ3n) is 1.76. The Kier molecular flexibility index (Phi) is 6.28. The SMILES string of the molecule is C=C(C#CC)N1CCCC1.CC. The van der Waals surface area contributed by atoms with Gasteiger partial charge in [0.25, 0.3) is 0 Å². The van der Waals surface area contributed by atoms with Crippen molar-refractivity contribution in [2.24, 2.45) is 0 Å². The summed E-state index contributed by atoms with van der Waals surface area (Å²) in [5.41, 5.74) is 0.986. The Morgan fingerprint density at radius 1 is 1.25 bits per heavy atom. The predicted octanol–water partition coefficient (Wildman–Crippen LogP) is 2.65. The van der Waals surface area contributed by atoms with Gasteiger partial charge < -0.3 is 4.90 Å². The smallest absolute Gasteiger partial charge is 0.0806 e. The Labute approximate surface area is 76.5 Å². The van der Waals surface area contributed by atoms with Crippen molar-refractivity contribution in [2.75, 3.05) is 13.1 Å². The van der Waals surface area contributed by atoms with Gasteiger partial charge >= 0.3 is 0 Å². The summed E-state index contributed by atoms with van der Waals surface area (Å²) in [6.45, 7) is 12.0. The van der Waals surface area contributed by atoms with Gasteiger partial charge in [-0.05, 0) is 19.8 Å². The highest BCUT2D eigenvalue weighted by atomic mass is 15.1. The summed E-state index contributed by atoms with van der Waals surface area (Å²) in [5.74, 6) is 5.82. The van der Waals surface area contributed by atoms with E-state index in [0.717, 1.165) is 18.8 Å². The average Bonchev–Trinajstić information content (AvgIpc) is 2.60. The molecule has 68 valence electrons. The van der Waals surface area contributed by atoms with E-state index in [1.54, 1.807) is 0 Å². The lowest BCUT2D eigenvalue weighted by Gasteiger charge is -2.14. The number of hydrogen-bond acceptors (Lipinski definition) is 1. The third-order valence-corrected chi connectivity index (χ3v) is 1.76. The Hall–Kier alpha value is -0.900. The molecule has 0 radical (unpaired) electrons. The molecule has 1 heteroatoms. The number of likely N-dealkylation sites (tertiary alicyclic amines) is 1. The summed E-state index contributed by atoms with van der Waals surface area (Å²) in [6, 6.07) is 0. The van der Waals surface area contributed by atoms with Crippen LogP contribution in [0.3, 0.4) is 0 Å². The molecule has 1 saturated heterocycles. The van der Waals surface area contributed by atoms with Crippen molar-refractivity contribution in [3.8, 4) is 11.8 Å². The summed E-state index contributed by atoms with van der Waals surface area (Å²) in [7, 11) is 0. The molecule has 0 aliphatic carbocycles. The van der Waals surface area contributed by atoms with E-state index in [9.17, 15) is 0 Å². The van der Waals surface area contributed by atoms with Gasteiger partial charge in [0.15, 0.2) is 0 Å². The lowest BCUT2D eigenvalue weighted by molar-refractivity contribution is 0.446. The highest BCUT2D eigenvalue weighted by molar-refractivity contribution is 5.23. The van der Waals surface area contributed by atoms with Crippen molar-refractivity contribution in [1.82, 2.24) is 4.90 Å². The van der Waals surface area contributed by atoms with Crippen LogP contribution in [0.2, 0.25) is 0 Å². The van der Waals surface area contributed by atoms with E-state index >= 15 is 0 Å². The quantitative estimate of drug-likeness (QED) is 0.540. The molecular formula is C11H19N. The van der Waals surface area contributed by atoms with Gasteiger partial charge in [0.1, 0.15) is 0 Å². The van der Waals surface area contributed by atoms with Crippen molar-refractivity contribution in [3.63, 3.8) is 0 Å². The third kappa shape index (κ3) is 3.48. The lowest BCUT2D eigenvalue weighted by atomic mass is 10.4. The van der Waals surface area contributed by atoms with Crippen molar-refractivity contribution in [3.05, 3.63) is 12.3 Å². The van der Waals surface area contributed by atoms with E-state index in [-0.39, 0.29) is 0 Å². The number of rotatable bonds is 1. The Morgan fingerprint density at radius 3 is 2.17 bits per heavy atom. The number of allylic oxidation sites excluding steroid dienone is 1. The zero-order valence-electron chi connectivity index (χ0n) is 8.48. The van der Waals surface area contributed by atoms with E-state index in [1.807, 2.05) is 20.8 Å². The van der Waals surface area contributed by atoms with E-state index < -0.39 is 0 Å². The first-order chi connectivity index (χ1) is 5.84. The van der Waals surface area contributed by atoms with Crippen LogP contribution in [0.4, 0.5) is 0 Å². The molecule has 0 bridgehead atoms. The van der Waals surface area contributed by atoms with Crippen molar-refractivity contribution >= 4 is 0 Å². The van der Waals surface area contributed by atoms with Gasteiger partial charge in [-0.2, -0.15) is 0 Å². The molecule has 0 atom stereocenters. The minimum absolute atomic E-state index is 0.986. The van der Waals surface area contributed by atoms with Crippen LogP contribution in [0.25, 0.3) is 0 Å². The van der Waals surface area contributed by atoms with Crippen LogP contribution in [-0.4, -0.2) is 18.0 Å². The molecule has 0 aromatic rings. The topological polar surface area (TPSA) is 3.24 Å². The highest BCUT2D eigenvalue weighted by Gasteiger charge is 2.10. The second-order valence-electron chi connectivity index (χ2n) is 2.52. The fourth-order valence-electron chi connectivity index (χ4n) is 1.21. The first-order valence-electron chi connectivity index (χ1n) is 4.71. The number of nitrogens with zero attached hydrogens (tertiary/aromatic N) is 1. The maximum atomic E-state index is 3.88. The zero-order chi connectivity index (χ0) is 9.40. The van der Waals surface area contributed by atoms with Gasteiger partial charge in [0, 0.05) is 13.1 Å². The molecule has 0 saturated carbocycles. The molecular weight excluding hydrogens is 146 g/mol. The molecule has 0 amide bonds. The van der Waals surface area contributed by atoms with E-state index in [1.165, 1.54) is 12.8 Å². The first kappa shape index (κ1) is 11.1. The van der Waals surface area contributed by atoms with Crippen LogP contribution in [0.5, 0.6) is 0 Å². The fraction of sp³-hybridized carbons (Fsp3) is 0.636.